The Balaban J connectivity index is 1.54. The highest BCUT2D eigenvalue weighted by atomic mass is 35.5. The van der Waals surface area contributed by atoms with Crippen LogP contribution in [0.5, 0.6) is 0 Å². The number of likely N-dealkylation sites (tertiary alicyclic amines) is 1. The SMILES string of the molecule is CC(=O)N1CCN(C2CN(Cc3ccc(Cl)cc3)CC2C)CC1. The number of nitrogens with zero attached hydrogens (tertiary/aromatic N) is 3. The van der Waals surface area contributed by atoms with E-state index in [9.17, 15) is 4.79 Å². The molecule has 0 bridgehead atoms. The van der Waals surface area contributed by atoms with Gasteiger partial charge in [-0.15, -0.1) is 0 Å². The van der Waals surface area contributed by atoms with Crippen LogP contribution in [0.3, 0.4) is 0 Å². The fourth-order valence-corrected chi connectivity index (χ4v) is 3.99. The molecule has 0 spiro atoms. The summed E-state index contributed by atoms with van der Waals surface area (Å²) in [5.74, 6) is 0.875. The summed E-state index contributed by atoms with van der Waals surface area (Å²) in [5.41, 5.74) is 1.32. The Morgan fingerprint density at radius 3 is 2.39 bits per heavy atom. The predicted molar refractivity (Wildman–Crippen MR) is 93.5 cm³/mol. The molecule has 0 N–H and O–H groups in total. The number of amides is 1. The van der Waals surface area contributed by atoms with Crippen LogP contribution >= 0.6 is 11.6 Å². The standard InChI is InChI=1S/C18H26ClN3O/c1-14-11-20(12-16-3-5-17(19)6-4-16)13-18(14)22-9-7-21(8-10-22)15(2)23/h3-6,14,18H,7-13H2,1-2H3. The third-order valence-electron chi connectivity index (χ3n) is 5.20. The summed E-state index contributed by atoms with van der Waals surface area (Å²) in [5, 5.41) is 0.796. The molecular weight excluding hydrogens is 310 g/mol. The highest BCUT2D eigenvalue weighted by Crippen LogP contribution is 2.24. The van der Waals surface area contributed by atoms with Crippen molar-refractivity contribution < 1.29 is 4.79 Å². The van der Waals surface area contributed by atoms with E-state index in [1.54, 1.807) is 6.92 Å². The second-order valence-corrected chi connectivity index (χ2v) is 7.34. The van der Waals surface area contributed by atoms with Crippen LogP contribution in [0.25, 0.3) is 0 Å². The third kappa shape index (κ3) is 4.06. The molecule has 0 aromatic heterocycles. The fourth-order valence-electron chi connectivity index (χ4n) is 3.87. The minimum Gasteiger partial charge on any atom is -0.340 e. The third-order valence-corrected chi connectivity index (χ3v) is 5.45. The predicted octanol–water partition coefficient (Wildman–Crippen LogP) is 2.32. The number of piperazine rings is 1. The quantitative estimate of drug-likeness (QED) is 0.848. The number of hydrogen-bond donors (Lipinski definition) is 0. The van der Waals surface area contributed by atoms with Gasteiger partial charge in [-0.25, -0.2) is 0 Å². The van der Waals surface area contributed by atoms with Gasteiger partial charge >= 0.3 is 0 Å². The van der Waals surface area contributed by atoms with Crippen molar-refractivity contribution in [1.82, 2.24) is 14.7 Å². The van der Waals surface area contributed by atoms with Gasteiger partial charge in [0.1, 0.15) is 0 Å². The summed E-state index contributed by atoms with van der Waals surface area (Å²) in [4.78, 5) is 18.5. The van der Waals surface area contributed by atoms with E-state index in [1.807, 2.05) is 17.0 Å². The Morgan fingerprint density at radius 1 is 1.13 bits per heavy atom. The van der Waals surface area contributed by atoms with Gasteiger partial charge in [-0.05, 0) is 23.6 Å². The average molecular weight is 336 g/mol. The van der Waals surface area contributed by atoms with Gasteiger partial charge < -0.3 is 4.90 Å². The summed E-state index contributed by atoms with van der Waals surface area (Å²) in [7, 11) is 0. The van der Waals surface area contributed by atoms with Crippen LogP contribution in [-0.4, -0.2) is 65.9 Å². The van der Waals surface area contributed by atoms with Gasteiger partial charge in [0.2, 0.25) is 5.91 Å². The molecule has 1 amide bonds. The Hall–Kier alpha value is -1.10. The van der Waals surface area contributed by atoms with Crippen LogP contribution in [0.1, 0.15) is 19.4 Å². The van der Waals surface area contributed by atoms with Crippen LogP contribution in [-0.2, 0) is 11.3 Å². The van der Waals surface area contributed by atoms with Gasteiger partial charge in [0.15, 0.2) is 0 Å². The number of rotatable bonds is 3. The van der Waals surface area contributed by atoms with E-state index >= 15 is 0 Å². The topological polar surface area (TPSA) is 26.8 Å². The van der Waals surface area contributed by atoms with E-state index in [2.05, 4.69) is 28.9 Å². The normalized spacial score (nSPS) is 26.7. The summed E-state index contributed by atoms with van der Waals surface area (Å²) in [6.45, 7) is 11.0. The molecule has 2 atom stereocenters. The van der Waals surface area contributed by atoms with Crippen LogP contribution < -0.4 is 0 Å². The molecule has 2 aliphatic rings. The monoisotopic (exact) mass is 335 g/mol. The summed E-state index contributed by atoms with van der Waals surface area (Å²) in [6.07, 6.45) is 0. The first kappa shape index (κ1) is 16.7. The molecule has 2 heterocycles. The maximum absolute atomic E-state index is 11.5. The number of carbonyl (C=O) groups excluding carboxylic acids is 1. The van der Waals surface area contributed by atoms with Crippen LogP contribution in [0.4, 0.5) is 0 Å². The fraction of sp³-hybridized carbons (Fsp3) is 0.611. The summed E-state index contributed by atoms with van der Waals surface area (Å²) >= 11 is 5.96. The molecule has 3 rings (SSSR count). The molecular formula is C18H26ClN3O. The first-order valence-corrected chi connectivity index (χ1v) is 8.87. The van der Waals surface area contributed by atoms with Crippen molar-refractivity contribution in [3.63, 3.8) is 0 Å². The first-order chi connectivity index (χ1) is 11.0. The van der Waals surface area contributed by atoms with Crippen molar-refractivity contribution in [2.24, 2.45) is 5.92 Å². The second-order valence-electron chi connectivity index (χ2n) is 6.91. The molecule has 0 aliphatic carbocycles. The molecule has 1 aromatic carbocycles. The van der Waals surface area contributed by atoms with E-state index in [-0.39, 0.29) is 5.91 Å². The molecule has 2 fully saturated rings. The minimum absolute atomic E-state index is 0.202. The van der Waals surface area contributed by atoms with Gasteiger partial charge in [-0.1, -0.05) is 30.7 Å². The Morgan fingerprint density at radius 2 is 1.78 bits per heavy atom. The van der Waals surface area contributed by atoms with E-state index in [0.717, 1.165) is 50.8 Å². The van der Waals surface area contributed by atoms with Crippen molar-refractivity contribution in [2.75, 3.05) is 39.3 Å². The van der Waals surface area contributed by atoms with Gasteiger partial charge in [0.25, 0.3) is 0 Å². The number of carbonyl (C=O) groups is 1. The van der Waals surface area contributed by atoms with Crippen LogP contribution in [0, 0.1) is 5.92 Å². The van der Waals surface area contributed by atoms with Crippen molar-refractivity contribution in [3.8, 4) is 0 Å². The lowest BCUT2D eigenvalue weighted by Crippen LogP contribution is -2.53. The van der Waals surface area contributed by atoms with Gasteiger partial charge in [0.05, 0.1) is 0 Å². The lowest BCUT2D eigenvalue weighted by Gasteiger charge is -2.39. The van der Waals surface area contributed by atoms with E-state index < -0.39 is 0 Å². The molecule has 1 aromatic rings. The maximum Gasteiger partial charge on any atom is 0.219 e. The van der Waals surface area contributed by atoms with Gasteiger partial charge in [-0.2, -0.15) is 0 Å². The smallest absolute Gasteiger partial charge is 0.219 e. The zero-order valence-electron chi connectivity index (χ0n) is 14.0. The second kappa shape index (κ2) is 7.20. The zero-order chi connectivity index (χ0) is 16.4. The Labute approximate surface area is 144 Å². The zero-order valence-corrected chi connectivity index (χ0v) is 14.8. The van der Waals surface area contributed by atoms with Crippen LogP contribution in [0.2, 0.25) is 5.02 Å². The Bertz CT molecular complexity index is 540. The highest BCUT2D eigenvalue weighted by molar-refractivity contribution is 6.30. The number of hydrogen-bond acceptors (Lipinski definition) is 3. The summed E-state index contributed by atoms with van der Waals surface area (Å²) < 4.78 is 0. The first-order valence-electron chi connectivity index (χ1n) is 8.49. The minimum atomic E-state index is 0.202. The number of benzene rings is 1. The molecule has 2 unspecified atom stereocenters. The van der Waals surface area contributed by atoms with E-state index in [4.69, 9.17) is 11.6 Å². The molecule has 2 aliphatic heterocycles. The van der Waals surface area contributed by atoms with Crippen molar-refractivity contribution in [1.29, 1.82) is 0 Å². The largest absolute Gasteiger partial charge is 0.340 e. The van der Waals surface area contributed by atoms with Crippen LogP contribution in [0.15, 0.2) is 24.3 Å². The average Bonchev–Trinajstić information content (AvgIpc) is 2.90. The van der Waals surface area contributed by atoms with Crippen molar-refractivity contribution in [2.45, 2.75) is 26.4 Å². The van der Waals surface area contributed by atoms with E-state index in [1.165, 1.54) is 5.56 Å². The molecule has 4 nitrogen and oxygen atoms in total. The lowest BCUT2D eigenvalue weighted by molar-refractivity contribution is -0.130. The number of halogens is 1. The molecule has 23 heavy (non-hydrogen) atoms. The molecule has 126 valence electrons. The van der Waals surface area contributed by atoms with Crippen molar-refractivity contribution >= 4 is 17.5 Å². The summed E-state index contributed by atoms with van der Waals surface area (Å²) in [6, 6.07) is 8.78. The molecule has 2 saturated heterocycles. The molecule has 0 saturated carbocycles. The highest BCUT2D eigenvalue weighted by Gasteiger charge is 2.35. The van der Waals surface area contributed by atoms with Gasteiger partial charge in [-0.3, -0.25) is 14.6 Å². The maximum atomic E-state index is 11.5. The Kier molecular flexibility index (Phi) is 5.24. The van der Waals surface area contributed by atoms with Crippen molar-refractivity contribution in [3.05, 3.63) is 34.9 Å². The molecule has 5 heteroatoms. The molecule has 0 radical (unpaired) electrons. The van der Waals surface area contributed by atoms with Gasteiger partial charge in [0, 0.05) is 63.8 Å². The van der Waals surface area contributed by atoms with E-state index in [0.29, 0.717) is 12.0 Å². The lowest BCUT2D eigenvalue weighted by atomic mass is 10.0.